The zero-order chi connectivity index (χ0) is 15.0. The summed E-state index contributed by atoms with van der Waals surface area (Å²) in [5.41, 5.74) is -0.546. The summed E-state index contributed by atoms with van der Waals surface area (Å²) in [5, 5.41) is 11.1. The fourth-order valence-electron chi connectivity index (χ4n) is 2.27. The Bertz CT molecular complexity index is 652. The molecule has 9 heteroatoms. The summed E-state index contributed by atoms with van der Waals surface area (Å²) in [6, 6.07) is 1.06. The van der Waals surface area contributed by atoms with Gasteiger partial charge in [-0.3, -0.25) is 4.40 Å². The van der Waals surface area contributed by atoms with E-state index in [1.54, 1.807) is 0 Å². The van der Waals surface area contributed by atoms with Crippen molar-refractivity contribution in [2.45, 2.75) is 18.6 Å². The highest BCUT2D eigenvalue weighted by Crippen LogP contribution is 2.32. The number of hydrogen-bond donors (Lipinski definition) is 1. The van der Waals surface area contributed by atoms with Gasteiger partial charge in [0.1, 0.15) is 5.82 Å². The Labute approximate surface area is 128 Å². The van der Waals surface area contributed by atoms with E-state index in [2.05, 4.69) is 15.5 Å². The number of alkyl halides is 3. The number of hydrogen-bond acceptors (Lipinski definition) is 4. The van der Waals surface area contributed by atoms with Crippen LogP contribution in [0.3, 0.4) is 0 Å². The van der Waals surface area contributed by atoms with Crippen LogP contribution in [0.1, 0.15) is 11.4 Å². The topological polar surface area (TPSA) is 42.2 Å². The molecule has 0 bridgehead atoms. The van der Waals surface area contributed by atoms with Gasteiger partial charge in [-0.05, 0) is 6.07 Å². The lowest BCUT2D eigenvalue weighted by Gasteiger charge is -2.22. The number of nitrogens with one attached hydrogen (secondary N) is 1. The largest absolute Gasteiger partial charge is 0.417 e. The molecule has 114 valence electrons. The Kier molecular flexibility index (Phi) is 4.02. The predicted molar refractivity (Wildman–Crippen MR) is 75.8 cm³/mol. The molecule has 2 aromatic heterocycles. The van der Waals surface area contributed by atoms with Gasteiger partial charge in [-0.2, -0.15) is 24.9 Å². The molecule has 1 fully saturated rings. The fraction of sp³-hybridized carbons (Fsp3) is 0.500. The minimum Gasteiger partial charge on any atom is -0.312 e. The first-order chi connectivity index (χ1) is 9.95. The average molecular weight is 337 g/mol. The first kappa shape index (κ1) is 14.9. The van der Waals surface area contributed by atoms with Crippen molar-refractivity contribution in [3.8, 4) is 0 Å². The van der Waals surface area contributed by atoms with E-state index in [0.29, 0.717) is 12.2 Å². The maximum Gasteiger partial charge on any atom is 0.417 e. The van der Waals surface area contributed by atoms with Gasteiger partial charge in [-0.1, -0.05) is 11.6 Å². The van der Waals surface area contributed by atoms with Gasteiger partial charge in [0.25, 0.3) is 0 Å². The molecule has 1 unspecified atom stereocenters. The molecule has 1 N–H and O–H groups in total. The molecule has 2 aromatic rings. The Morgan fingerprint density at radius 2 is 2.24 bits per heavy atom. The van der Waals surface area contributed by atoms with Gasteiger partial charge in [0.2, 0.25) is 0 Å². The van der Waals surface area contributed by atoms with Gasteiger partial charge in [-0.15, -0.1) is 10.2 Å². The van der Waals surface area contributed by atoms with Crippen LogP contribution in [0.25, 0.3) is 5.65 Å². The fourth-order valence-corrected chi connectivity index (χ4v) is 3.46. The smallest absolute Gasteiger partial charge is 0.312 e. The molecule has 4 nitrogen and oxygen atoms in total. The molecule has 0 radical (unpaired) electrons. The Hall–Kier alpha value is -0.990. The molecule has 0 aliphatic carbocycles. The summed E-state index contributed by atoms with van der Waals surface area (Å²) in [5.74, 6) is 2.43. The van der Waals surface area contributed by atoms with E-state index < -0.39 is 11.7 Å². The quantitative estimate of drug-likeness (QED) is 0.915. The van der Waals surface area contributed by atoms with E-state index in [1.165, 1.54) is 4.40 Å². The summed E-state index contributed by atoms with van der Waals surface area (Å²) in [4.78, 5) is 0. The van der Waals surface area contributed by atoms with Crippen molar-refractivity contribution in [3.63, 3.8) is 0 Å². The van der Waals surface area contributed by atoms with Crippen LogP contribution in [-0.4, -0.2) is 38.7 Å². The monoisotopic (exact) mass is 336 g/mol. The molecule has 0 amide bonds. The van der Waals surface area contributed by atoms with Crippen molar-refractivity contribution in [3.05, 3.63) is 28.7 Å². The zero-order valence-corrected chi connectivity index (χ0v) is 12.4. The molecule has 21 heavy (non-hydrogen) atoms. The third kappa shape index (κ3) is 3.12. The molecule has 1 aliphatic heterocycles. The second-order valence-electron chi connectivity index (χ2n) is 4.81. The van der Waals surface area contributed by atoms with Crippen molar-refractivity contribution in [1.29, 1.82) is 0 Å². The van der Waals surface area contributed by atoms with E-state index in [4.69, 9.17) is 11.6 Å². The minimum absolute atomic E-state index is 0.0467. The number of rotatable bonds is 2. The van der Waals surface area contributed by atoms with Gasteiger partial charge in [0.05, 0.1) is 10.6 Å². The number of thioether (sulfide) groups is 1. The molecule has 3 heterocycles. The summed E-state index contributed by atoms with van der Waals surface area (Å²) >= 11 is 7.70. The first-order valence-electron chi connectivity index (χ1n) is 6.36. The summed E-state index contributed by atoms with van der Waals surface area (Å²) < 4.78 is 39.9. The maximum atomic E-state index is 12.9. The van der Waals surface area contributed by atoms with E-state index in [-0.39, 0.29) is 16.7 Å². The highest BCUT2D eigenvalue weighted by molar-refractivity contribution is 7.99. The number of fused-ring (bicyclic) bond motifs is 1. The molecule has 3 rings (SSSR count). The van der Waals surface area contributed by atoms with Crippen LogP contribution in [0.5, 0.6) is 0 Å². The molecule has 1 atom stereocenters. The molecule has 0 spiro atoms. The van der Waals surface area contributed by atoms with Crippen LogP contribution in [0, 0.1) is 0 Å². The lowest BCUT2D eigenvalue weighted by Crippen LogP contribution is -2.39. The standard InChI is InChI=1S/C12H12ClF3N4S/c13-9-3-7(12(14,15)16)5-20-10(18-19-11(9)20)4-8-6-21-2-1-17-8/h3,5,8,17H,1-2,4,6H2. The predicted octanol–water partition coefficient (Wildman–Crippen LogP) is 2.65. The van der Waals surface area contributed by atoms with E-state index in [9.17, 15) is 13.2 Å². The molecule has 1 saturated heterocycles. The molecule has 0 aromatic carbocycles. The normalized spacial score (nSPS) is 20.1. The third-order valence-electron chi connectivity index (χ3n) is 3.29. The summed E-state index contributed by atoms with van der Waals surface area (Å²) in [7, 11) is 0. The number of nitrogens with zero attached hydrogens (tertiary/aromatic N) is 3. The van der Waals surface area contributed by atoms with Gasteiger partial charge in [0, 0.05) is 36.7 Å². The van der Waals surface area contributed by atoms with Crippen molar-refractivity contribution in [2.24, 2.45) is 0 Å². The molecule has 0 saturated carbocycles. The number of aromatic nitrogens is 3. The summed E-state index contributed by atoms with van der Waals surface area (Å²) in [6.07, 6.45) is -2.92. The number of halogens is 4. The Morgan fingerprint density at radius 3 is 2.90 bits per heavy atom. The first-order valence-corrected chi connectivity index (χ1v) is 7.90. The van der Waals surface area contributed by atoms with E-state index >= 15 is 0 Å². The zero-order valence-electron chi connectivity index (χ0n) is 10.8. The van der Waals surface area contributed by atoms with Crippen LogP contribution in [0.15, 0.2) is 12.3 Å². The highest BCUT2D eigenvalue weighted by Gasteiger charge is 2.32. The lowest BCUT2D eigenvalue weighted by atomic mass is 10.2. The van der Waals surface area contributed by atoms with Crippen LogP contribution in [0.2, 0.25) is 5.02 Å². The van der Waals surface area contributed by atoms with Crippen LogP contribution >= 0.6 is 23.4 Å². The van der Waals surface area contributed by atoms with Gasteiger partial charge >= 0.3 is 6.18 Å². The van der Waals surface area contributed by atoms with Crippen molar-refractivity contribution < 1.29 is 13.2 Å². The lowest BCUT2D eigenvalue weighted by molar-refractivity contribution is -0.137. The molecular formula is C12H12ClF3N4S. The van der Waals surface area contributed by atoms with Crippen LogP contribution in [-0.2, 0) is 12.6 Å². The Balaban J connectivity index is 1.97. The van der Waals surface area contributed by atoms with E-state index in [1.807, 2.05) is 11.8 Å². The van der Waals surface area contributed by atoms with E-state index in [0.717, 1.165) is 30.3 Å². The van der Waals surface area contributed by atoms with Gasteiger partial charge in [-0.25, -0.2) is 0 Å². The molecule has 1 aliphatic rings. The molecular weight excluding hydrogens is 325 g/mol. The number of pyridine rings is 1. The highest BCUT2D eigenvalue weighted by atomic mass is 35.5. The van der Waals surface area contributed by atoms with Crippen LogP contribution < -0.4 is 5.32 Å². The second kappa shape index (κ2) is 5.66. The van der Waals surface area contributed by atoms with Crippen molar-refractivity contribution in [1.82, 2.24) is 19.9 Å². The van der Waals surface area contributed by atoms with Gasteiger partial charge in [0.15, 0.2) is 5.65 Å². The van der Waals surface area contributed by atoms with Gasteiger partial charge < -0.3 is 5.32 Å². The summed E-state index contributed by atoms with van der Waals surface area (Å²) in [6.45, 7) is 0.890. The second-order valence-corrected chi connectivity index (χ2v) is 6.37. The minimum atomic E-state index is -4.45. The Morgan fingerprint density at radius 1 is 1.43 bits per heavy atom. The van der Waals surface area contributed by atoms with Crippen LogP contribution in [0.4, 0.5) is 13.2 Å². The van der Waals surface area contributed by atoms with Crippen molar-refractivity contribution in [2.75, 3.05) is 18.1 Å². The third-order valence-corrected chi connectivity index (χ3v) is 4.69. The average Bonchev–Trinajstić information content (AvgIpc) is 2.83. The SMILES string of the molecule is FC(F)(F)c1cc(Cl)c2nnc(CC3CSCCN3)n2c1. The van der Waals surface area contributed by atoms with Crippen molar-refractivity contribution >= 4 is 29.0 Å². The maximum absolute atomic E-state index is 12.9.